The van der Waals surface area contributed by atoms with Crippen LogP contribution in [0.2, 0.25) is 5.02 Å². The Kier molecular flexibility index (Phi) is 14.3. The fourth-order valence-corrected chi connectivity index (χ4v) is 5.79. The van der Waals surface area contributed by atoms with Gasteiger partial charge in [-0.25, -0.2) is 4.79 Å². The number of aliphatic hydroxyl groups is 1. The summed E-state index contributed by atoms with van der Waals surface area (Å²) in [4.78, 5) is 53.6. The third-order valence-corrected chi connectivity index (χ3v) is 9.00. The molecule has 0 bridgehead atoms. The van der Waals surface area contributed by atoms with Crippen molar-refractivity contribution in [1.29, 1.82) is 0 Å². The summed E-state index contributed by atoms with van der Waals surface area (Å²) >= 11 is 13.0. The molecule has 2 amide bonds. The number of ether oxygens (including phenoxy) is 3. The smallest absolute Gasteiger partial charge is 0.347 e. The van der Waals surface area contributed by atoms with E-state index in [1.807, 2.05) is 19.9 Å². The Bertz CT molecular complexity index is 1450. The lowest BCUT2D eigenvalue weighted by Crippen LogP contribution is -2.51. The van der Waals surface area contributed by atoms with Crippen LogP contribution in [-0.2, 0) is 35.1 Å². The average Bonchev–Trinajstić information content (AvgIpc) is 3.04. The highest BCUT2D eigenvalue weighted by Gasteiger charge is 2.38. The Morgan fingerprint density at radius 3 is 2.35 bits per heavy atom. The number of benzene rings is 2. The summed E-state index contributed by atoms with van der Waals surface area (Å²) in [5, 5.41) is 16.3. The predicted molar refractivity (Wildman–Crippen MR) is 184 cm³/mol. The number of amides is 2. The van der Waals surface area contributed by atoms with Crippen LogP contribution >= 0.6 is 23.2 Å². The van der Waals surface area contributed by atoms with Crippen LogP contribution in [0.4, 0.5) is 0 Å². The molecule has 0 spiro atoms. The number of cyclic esters (lactones) is 2. The van der Waals surface area contributed by atoms with Gasteiger partial charge in [-0.1, -0.05) is 74.8 Å². The van der Waals surface area contributed by atoms with Crippen molar-refractivity contribution in [2.75, 3.05) is 13.7 Å². The Labute approximate surface area is 292 Å². The molecule has 0 aromatic heterocycles. The molecule has 1 aliphatic heterocycles. The minimum absolute atomic E-state index is 0.0224. The van der Waals surface area contributed by atoms with E-state index in [0.29, 0.717) is 21.9 Å². The van der Waals surface area contributed by atoms with Gasteiger partial charge in [0.15, 0.2) is 6.10 Å². The number of carbonyl (C=O) groups excluding carboxylic acids is 4. The highest BCUT2D eigenvalue weighted by atomic mass is 35.5. The van der Waals surface area contributed by atoms with E-state index >= 15 is 0 Å². The van der Waals surface area contributed by atoms with Crippen molar-refractivity contribution in [2.24, 2.45) is 17.3 Å². The van der Waals surface area contributed by atoms with E-state index in [0.717, 1.165) is 0 Å². The zero-order chi connectivity index (χ0) is 35.6. The standard InChI is InChI=1S/C36H46Cl2N2O8/c1-21(2)17-29-34(44)47-27(22(3)32(42)31(38)24-11-8-7-9-12-24)13-10-14-30(41)40-26(19-23-15-16-28(46-6)25(37)18-23)33(43)39-20-36(4,5)35(45)48-29/h7-12,14-16,18,21-22,26-27,29,31-32,42H,13,17,19-20H2,1-6H3,(H,39,43)(H,40,41)/b14-10+/t22-,26+,27?,29-,31?,32?/m0/s1. The number of hydrogen-bond donors (Lipinski definition) is 3. The van der Waals surface area contributed by atoms with Crippen LogP contribution < -0.4 is 15.4 Å². The highest BCUT2D eigenvalue weighted by molar-refractivity contribution is 6.32. The molecular weight excluding hydrogens is 659 g/mol. The molecule has 1 aliphatic rings. The molecule has 12 heteroatoms. The van der Waals surface area contributed by atoms with Crippen molar-refractivity contribution in [3.63, 3.8) is 0 Å². The lowest BCUT2D eigenvalue weighted by atomic mass is 9.90. The minimum atomic E-state index is -1.25. The van der Waals surface area contributed by atoms with Gasteiger partial charge in [0.1, 0.15) is 17.9 Å². The van der Waals surface area contributed by atoms with Crippen LogP contribution in [0.5, 0.6) is 5.75 Å². The molecule has 0 saturated heterocycles. The van der Waals surface area contributed by atoms with E-state index in [1.54, 1.807) is 63.2 Å². The normalized spacial score (nSPS) is 23.6. The van der Waals surface area contributed by atoms with Gasteiger partial charge in [0.05, 0.1) is 29.0 Å². The molecule has 1 heterocycles. The zero-order valence-corrected chi connectivity index (χ0v) is 29.7. The summed E-state index contributed by atoms with van der Waals surface area (Å²) in [5.41, 5.74) is 0.104. The van der Waals surface area contributed by atoms with Crippen molar-refractivity contribution in [3.05, 3.63) is 76.8 Å². The largest absolute Gasteiger partial charge is 0.495 e. The number of aliphatic hydroxyl groups excluding tert-OH is 1. The van der Waals surface area contributed by atoms with E-state index in [4.69, 9.17) is 37.4 Å². The van der Waals surface area contributed by atoms with Gasteiger partial charge in [-0.3, -0.25) is 14.4 Å². The van der Waals surface area contributed by atoms with E-state index in [-0.39, 0.29) is 31.7 Å². The van der Waals surface area contributed by atoms with Gasteiger partial charge in [0, 0.05) is 25.3 Å². The van der Waals surface area contributed by atoms with Gasteiger partial charge < -0.3 is 30.0 Å². The SMILES string of the molecule is COc1ccc(C[C@H]2NC(=O)/C=C/CC([C@H](C)C(O)C(Cl)c3ccccc3)OC(=O)[C@H](CC(C)C)OC(=O)C(C)(C)CNC2=O)cc1Cl. The van der Waals surface area contributed by atoms with E-state index < -0.39 is 64.8 Å². The Balaban J connectivity index is 1.96. The average molecular weight is 706 g/mol. The molecule has 3 N–H and O–H groups in total. The molecular formula is C36H46Cl2N2O8. The Hall–Kier alpha value is -3.60. The third kappa shape index (κ3) is 11.0. The highest BCUT2D eigenvalue weighted by Crippen LogP contribution is 2.32. The summed E-state index contributed by atoms with van der Waals surface area (Å²) in [6, 6.07) is 13.0. The molecule has 10 nitrogen and oxygen atoms in total. The van der Waals surface area contributed by atoms with Crippen molar-refractivity contribution in [1.82, 2.24) is 10.6 Å². The second kappa shape index (κ2) is 17.7. The van der Waals surface area contributed by atoms with Gasteiger partial charge in [-0.2, -0.15) is 0 Å². The van der Waals surface area contributed by atoms with Crippen molar-refractivity contribution in [3.8, 4) is 5.75 Å². The lowest BCUT2D eigenvalue weighted by Gasteiger charge is -2.32. The molecule has 2 aromatic carbocycles. The van der Waals surface area contributed by atoms with Gasteiger partial charge in [0.25, 0.3) is 0 Å². The lowest BCUT2D eigenvalue weighted by molar-refractivity contribution is -0.180. The summed E-state index contributed by atoms with van der Waals surface area (Å²) < 4.78 is 16.9. The van der Waals surface area contributed by atoms with Crippen LogP contribution in [0.15, 0.2) is 60.7 Å². The summed E-state index contributed by atoms with van der Waals surface area (Å²) in [5.74, 6) is -2.87. The second-order valence-electron chi connectivity index (χ2n) is 13.1. The van der Waals surface area contributed by atoms with Gasteiger partial charge in [-0.15, -0.1) is 11.6 Å². The maximum atomic E-state index is 13.6. The molecule has 48 heavy (non-hydrogen) atoms. The van der Waals surface area contributed by atoms with E-state index in [9.17, 15) is 24.3 Å². The maximum absolute atomic E-state index is 13.6. The molecule has 0 radical (unpaired) electrons. The van der Waals surface area contributed by atoms with Crippen molar-refractivity contribution < 1.29 is 38.5 Å². The number of hydrogen-bond acceptors (Lipinski definition) is 8. The van der Waals surface area contributed by atoms with Crippen LogP contribution in [0.1, 0.15) is 64.0 Å². The van der Waals surface area contributed by atoms with Crippen LogP contribution in [0.3, 0.4) is 0 Å². The van der Waals surface area contributed by atoms with E-state index in [2.05, 4.69) is 10.6 Å². The van der Waals surface area contributed by atoms with Gasteiger partial charge >= 0.3 is 11.9 Å². The molecule has 6 atom stereocenters. The fraction of sp³-hybridized carbons (Fsp3) is 0.500. The first-order valence-electron chi connectivity index (χ1n) is 16.0. The zero-order valence-electron chi connectivity index (χ0n) is 28.2. The quantitative estimate of drug-likeness (QED) is 0.235. The van der Waals surface area contributed by atoms with Crippen LogP contribution in [0.25, 0.3) is 0 Å². The minimum Gasteiger partial charge on any atom is -0.495 e. The Morgan fingerprint density at radius 1 is 1.04 bits per heavy atom. The number of carbonyl (C=O) groups is 4. The van der Waals surface area contributed by atoms with Gasteiger partial charge in [-0.05, 0) is 55.5 Å². The summed E-state index contributed by atoms with van der Waals surface area (Å²) in [6.45, 7) is 8.49. The second-order valence-corrected chi connectivity index (χ2v) is 14.0. The first-order valence-corrected chi connectivity index (χ1v) is 16.8. The molecule has 3 unspecified atom stereocenters. The van der Waals surface area contributed by atoms with E-state index in [1.165, 1.54) is 19.3 Å². The van der Waals surface area contributed by atoms with Crippen LogP contribution in [-0.4, -0.2) is 66.9 Å². The summed E-state index contributed by atoms with van der Waals surface area (Å²) in [6.07, 6.45) is -0.287. The summed E-state index contributed by atoms with van der Waals surface area (Å²) in [7, 11) is 1.49. The first kappa shape index (κ1) is 38.8. The number of methoxy groups -OCH3 is 1. The number of nitrogens with one attached hydrogen (secondary N) is 2. The van der Waals surface area contributed by atoms with Crippen molar-refractivity contribution >= 4 is 47.0 Å². The molecule has 262 valence electrons. The predicted octanol–water partition coefficient (Wildman–Crippen LogP) is 5.33. The molecule has 3 rings (SSSR count). The van der Waals surface area contributed by atoms with Gasteiger partial charge in [0.2, 0.25) is 11.8 Å². The first-order chi connectivity index (χ1) is 22.6. The number of halogens is 2. The third-order valence-electron chi connectivity index (χ3n) is 8.19. The number of alkyl halides is 1. The van der Waals surface area contributed by atoms with Crippen LogP contribution in [0, 0.1) is 17.3 Å². The topological polar surface area (TPSA) is 140 Å². The molecule has 2 aromatic rings. The molecule has 0 saturated carbocycles. The maximum Gasteiger partial charge on any atom is 0.347 e. The fourth-order valence-electron chi connectivity index (χ4n) is 5.14. The molecule has 0 aliphatic carbocycles. The Morgan fingerprint density at radius 2 is 1.73 bits per heavy atom. The number of esters is 2. The number of rotatable bonds is 9. The molecule has 0 fully saturated rings. The monoisotopic (exact) mass is 704 g/mol. The van der Waals surface area contributed by atoms with Crippen molar-refractivity contribution in [2.45, 2.75) is 83.6 Å².